The van der Waals surface area contributed by atoms with Gasteiger partial charge < -0.3 is 4.90 Å². The number of rotatable bonds is 2. The fourth-order valence-corrected chi connectivity index (χ4v) is 2.43. The van der Waals surface area contributed by atoms with Crippen molar-refractivity contribution in [1.82, 2.24) is 4.90 Å². The molecule has 0 spiro atoms. The van der Waals surface area contributed by atoms with Gasteiger partial charge in [0.25, 0.3) is 0 Å². The van der Waals surface area contributed by atoms with Gasteiger partial charge in [-0.25, -0.2) is 4.39 Å². The van der Waals surface area contributed by atoms with Crippen LogP contribution in [0.5, 0.6) is 0 Å². The van der Waals surface area contributed by atoms with Crippen LogP contribution in [0.15, 0.2) is 48.5 Å². The van der Waals surface area contributed by atoms with Gasteiger partial charge in [0, 0.05) is 13.1 Å². The maximum absolute atomic E-state index is 13.5. The normalized spacial score (nSPS) is 13.4. The minimum Gasteiger partial charge on any atom is -0.334 e. The second kappa shape index (κ2) is 4.84. The third kappa shape index (κ3) is 2.36. The first kappa shape index (κ1) is 11.9. The van der Waals surface area contributed by atoms with Crippen molar-refractivity contribution in [2.24, 2.45) is 0 Å². The summed E-state index contributed by atoms with van der Waals surface area (Å²) in [7, 11) is 0. The van der Waals surface area contributed by atoms with Crippen molar-refractivity contribution in [3.8, 4) is 0 Å². The Morgan fingerprint density at radius 1 is 1.00 bits per heavy atom. The molecule has 19 heavy (non-hydrogen) atoms. The highest BCUT2D eigenvalue weighted by molar-refractivity contribution is 5.79. The summed E-state index contributed by atoms with van der Waals surface area (Å²) in [5.74, 6) is -0.339. The molecular weight excluding hydrogens is 241 g/mol. The Hall–Kier alpha value is -2.16. The first-order valence-corrected chi connectivity index (χ1v) is 6.32. The van der Waals surface area contributed by atoms with Gasteiger partial charge in [0.2, 0.25) is 5.91 Å². The number of fused-ring (bicyclic) bond motifs is 1. The Labute approximate surface area is 111 Å². The molecule has 2 nitrogen and oxygen atoms in total. The maximum atomic E-state index is 13.5. The zero-order valence-electron chi connectivity index (χ0n) is 10.5. The molecule has 0 aromatic heterocycles. The molecule has 2 aromatic rings. The van der Waals surface area contributed by atoms with Crippen LogP contribution in [0.2, 0.25) is 0 Å². The summed E-state index contributed by atoms with van der Waals surface area (Å²) in [6.07, 6.45) is 0.126. The first-order valence-electron chi connectivity index (χ1n) is 6.32. The van der Waals surface area contributed by atoms with Crippen LogP contribution in [0.25, 0.3) is 0 Å². The number of hydrogen-bond donors (Lipinski definition) is 0. The molecule has 1 amide bonds. The summed E-state index contributed by atoms with van der Waals surface area (Å²) < 4.78 is 13.5. The number of nitrogens with zero attached hydrogens (tertiary/aromatic N) is 1. The van der Waals surface area contributed by atoms with Gasteiger partial charge in [0.15, 0.2) is 0 Å². The molecule has 0 fully saturated rings. The van der Waals surface area contributed by atoms with E-state index in [0.29, 0.717) is 18.7 Å². The lowest BCUT2D eigenvalue weighted by atomic mass is 10.1. The Bertz CT molecular complexity index is 599. The smallest absolute Gasteiger partial charge is 0.227 e. The molecule has 3 rings (SSSR count). The van der Waals surface area contributed by atoms with E-state index in [1.54, 1.807) is 23.1 Å². The lowest BCUT2D eigenvalue weighted by Gasteiger charge is -2.15. The van der Waals surface area contributed by atoms with Gasteiger partial charge in [-0.15, -0.1) is 0 Å². The van der Waals surface area contributed by atoms with E-state index >= 15 is 0 Å². The zero-order valence-corrected chi connectivity index (χ0v) is 10.5. The topological polar surface area (TPSA) is 20.3 Å². The summed E-state index contributed by atoms with van der Waals surface area (Å²) >= 11 is 0. The first-order chi connectivity index (χ1) is 9.24. The number of halogens is 1. The summed E-state index contributed by atoms with van der Waals surface area (Å²) in [4.78, 5) is 14.0. The van der Waals surface area contributed by atoms with E-state index in [9.17, 15) is 9.18 Å². The van der Waals surface area contributed by atoms with Crippen LogP contribution in [-0.4, -0.2) is 10.8 Å². The Morgan fingerprint density at radius 3 is 2.21 bits per heavy atom. The molecule has 0 bridgehead atoms. The van der Waals surface area contributed by atoms with E-state index in [2.05, 4.69) is 0 Å². The van der Waals surface area contributed by atoms with Crippen molar-refractivity contribution in [2.45, 2.75) is 19.5 Å². The molecule has 0 radical (unpaired) electrons. The van der Waals surface area contributed by atoms with E-state index < -0.39 is 0 Å². The second-order valence-corrected chi connectivity index (χ2v) is 4.79. The Kier molecular flexibility index (Phi) is 3.03. The fourth-order valence-electron chi connectivity index (χ4n) is 2.43. The molecule has 0 atom stereocenters. The van der Waals surface area contributed by atoms with Gasteiger partial charge in [-0.3, -0.25) is 4.79 Å². The van der Waals surface area contributed by atoms with Gasteiger partial charge in [-0.1, -0.05) is 42.5 Å². The SMILES string of the molecule is O=C(Cc1ccccc1F)N1Cc2ccccc2C1. The minimum atomic E-state index is -0.312. The van der Waals surface area contributed by atoms with Gasteiger partial charge in [0.05, 0.1) is 6.42 Å². The van der Waals surface area contributed by atoms with E-state index in [4.69, 9.17) is 0 Å². The van der Waals surface area contributed by atoms with E-state index in [0.717, 1.165) is 0 Å². The predicted molar refractivity (Wildman–Crippen MR) is 70.8 cm³/mol. The summed E-state index contributed by atoms with van der Waals surface area (Å²) in [5, 5.41) is 0. The molecule has 0 unspecified atom stereocenters. The monoisotopic (exact) mass is 255 g/mol. The summed E-state index contributed by atoms with van der Waals surface area (Å²) in [5.41, 5.74) is 2.83. The lowest BCUT2D eigenvalue weighted by Crippen LogP contribution is -2.27. The standard InChI is InChI=1S/C16H14FNO/c17-15-8-4-3-5-12(15)9-16(19)18-10-13-6-1-2-7-14(13)11-18/h1-8H,9-11H2. The summed E-state index contributed by atoms with van der Waals surface area (Å²) in [6, 6.07) is 14.5. The molecular formula is C16H14FNO. The number of amides is 1. The third-order valence-corrected chi connectivity index (χ3v) is 3.49. The lowest BCUT2D eigenvalue weighted by molar-refractivity contribution is -0.131. The van der Waals surface area contributed by atoms with Gasteiger partial charge in [0.1, 0.15) is 5.82 Å². The summed E-state index contributed by atoms with van der Waals surface area (Å²) in [6.45, 7) is 1.26. The van der Waals surface area contributed by atoms with Crippen molar-refractivity contribution in [2.75, 3.05) is 0 Å². The average molecular weight is 255 g/mol. The minimum absolute atomic E-state index is 0.0266. The van der Waals surface area contributed by atoms with Crippen LogP contribution in [0, 0.1) is 5.82 Å². The highest BCUT2D eigenvalue weighted by atomic mass is 19.1. The van der Waals surface area contributed by atoms with Crippen molar-refractivity contribution in [1.29, 1.82) is 0 Å². The second-order valence-electron chi connectivity index (χ2n) is 4.79. The Balaban J connectivity index is 1.72. The van der Waals surface area contributed by atoms with Gasteiger partial charge >= 0.3 is 0 Å². The van der Waals surface area contributed by atoms with Crippen LogP contribution in [0.1, 0.15) is 16.7 Å². The zero-order chi connectivity index (χ0) is 13.2. The van der Waals surface area contributed by atoms with Crippen LogP contribution in [-0.2, 0) is 24.3 Å². The third-order valence-electron chi connectivity index (χ3n) is 3.49. The van der Waals surface area contributed by atoms with Crippen LogP contribution in [0.3, 0.4) is 0 Å². The number of carbonyl (C=O) groups excluding carboxylic acids is 1. The highest BCUT2D eigenvalue weighted by Gasteiger charge is 2.23. The molecule has 96 valence electrons. The van der Waals surface area contributed by atoms with Crippen LogP contribution in [0.4, 0.5) is 4.39 Å². The van der Waals surface area contributed by atoms with Crippen molar-refractivity contribution >= 4 is 5.91 Å². The number of benzene rings is 2. The van der Waals surface area contributed by atoms with Crippen molar-refractivity contribution in [3.05, 3.63) is 71.0 Å². The molecule has 2 aromatic carbocycles. The van der Waals surface area contributed by atoms with E-state index in [1.165, 1.54) is 17.2 Å². The van der Waals surface area contributed by atoms with Crippen molar-refractivity contribution < 1.29 is 9.18 Å². The Morgan fingerprint density at radius 2 is 1.58 bits per heavy atom. The largest absolute Gasteiger partial charge is 0.334 e. The molecule has 0 saturated carbocycles. The van der Waals surface area contributed by atoms with E-state index in [1.807, 2.05) is 24.3 Å². The predicted octanol–water partition coefficient (Wildman–Crippen LogP) is 2.91. The number of carbonyl (C=O) groups is 1. The molecule has 3 heteroatoms. The fraction of sp³-hybridized carbons (Fsp3) is 0.188. The van der Waals surface area contributed by atoms with Crippen LogP contribution < -0.4 is 0 Å². The highest BCUT2D eigenvalue weighted by Crippen LogP contribution is 2.23. The van der Waals surface area contributed by atoms with Gasteiger partial charge in [-0.2, -0.15) is 0 Å². The molecule has 0 aliphatic carbocycles. The van der Waals surface area contributed by atoms with Gasteiger partial charge in [-0.05, 0) is 22.8 Å². The molecule has 0 N–H and O–H groups in total. The van der Waals surface area contributed by atoms with E-state index in [-0.39, 0.29) is 18.1 Å². The van der Waals surface area contributed by atoms with Crippen molar-refractivity contribution in [3.63, 3.8) is 0 Å². The quantitative estimate of drug-likeness (QED) is 0.808. The molecule has 0 saturated heterocycles. The van der Waals surface area contributed by atoms with Crippen LogP contribution >= 0.6 is 0 Å². The number of hydrogen-bond acceptors (Lipinski definition) is 1. The molecule has 1 heterocycles. The average Bonchev–Trinajstić information content (AvgIpc) is 2.85. The molecule has 1 aliphatic rings. The molecule has 1 aliphatic heterocycles. The maximum Gasteiger partial charge on any atom is 0.227 e.